The fourth-order valence-corrected chi connectivity index (χ4v) is 3.27. The maximum Gasteiger partial charge on any atom is 0.339 e. The van der Waals surface area contributed by atoms with Crippen molar-refractivity contribution in [2.75, 3.05) is 36.5 Å². The van der Waals surface area contributed by atoms with E-state index in [-0.39, 0.29) is 17.2 Å². The molecule has 12 nitrogen and oxygen atoms in total. The molecule has 0 amide bonds. The summed E-state index contributed by atoms with van der Waals surface area (Å²) in [5, 5.41) is 27.9. The molecule has 160 valence electrons. The molecule has 0 unspecified atom stereocenters. The van der Waals surface area contributed by atoms with Crippen LogP contribution in [-0.2, 0) is 4.74 Å². The fraction of sp³-hybridized carbons (Fsp3) is 0.263. The molecule has 12 heteroatoms. The molecule has 0 spiro atoms. The summed E-state index contributed by atoms with van der Waals surface area (Å²) in [5.74, 6) is -0.535. The molecular weight excluding hydrogens is 406 g/mol. The lowest BCUT2D eigenvalue weighted by molar-refractivity contribution is -0.384. The minimum absolute atomic E-state index is 0.0307. The zero-order valence-electron chi connectivity index (χ0n) is 16.6. The number of ether oxygens (including phenoxy) is 1. The number of anilines is 3. The van der Waals surface area contributed by atoms with Gasteiger partial charge in [0.05, 0.1) is 23.8 Å². The fourth-order valence-electron chi connectivity index (χ4n) is 3.27. The summed E-state index contributed by atoms with van der Waals surface area (Å²) in [6.07, 6.45) is 2.85. The Morgan fingerprint density at radius 1 is 1.29 bits per heavy atom. The molecular formula is C19H19N7O5. The van der Waals surface area contributed by atoms with Gasteiger partial charge in [0.1, 0.15) is 11.3 Å². The maximum absolute atomic E-state index is 11.6. The van der Waals surface area contributed by atoms with Crippen LogP contribution in [0, 0.1) is 17.0 Å². The van der Waals surface area contributed by atoms with Crippen LogP contribution in [-0.4, -0.2) is 62.1 Å². The molecule has 1 aromatic carbocycles. The number of aryl methyl sites for hydroxylation is 1. The standard InChI is InChI=1S/C19H19N7O5/c1-12-14(18(27)28)11-25(23-12)17-4-5-20-19(22-17)21-13-2-3-15(16(10-13)26(29)30)24-6-8-31-9-7-24/h2-5,10-11H,6-9H2,1H3,(H,27,28)(H,20,21,22). The van der Waals surface area contributed by atoms with Crippen molar-refractivity contribution in [1.29, 1.82) is 0 Å². The molecule has 0 radical (unpaired) electrons. The molecule has 3 heterocycles. The highest BCUT2D eigenvalue weighted by Gasteiger charge is 2.22. The van der Waals surface area contributed by atoms with E-state index in [0.717, 1.165) is 0 Å². The zero-order chi connectivity index (χ0) is 22.0. The number of aromatic nitrogens is 4. The van der Waals surface area contributed by atoms with Gasteiger partial charge >= 0.3 is 5.97 Å². The minimum Gasteiger partial charge on any atom is -0.478 e. The number of rotatable bonds is 6. The second-order valence-corrected chi connectivity index (χ2v) is 6.80. The van der Waals surface area contributed by atoms with Gasteiger partial charge in [-0.1, -0.05) is 0 Å². The van der Waals surface area contributed by atoms with E-state index >= 15 is 0 Å². The van der Waals surface area contributed by atoms with Crippen molar-refractivity contribution in [1.82, 2.24) is 19.7 Å². The predicted octanol–water partition coefficient (Wildman–Crippen LogP) is 2.16. The van der Waals surface area contributed by atoms with Crippen LogP contribution in [0.5, 0.6) is 0 Å². The Morgan fingerprint density at radius 2 is 2.06 bits per heavy atom. The van der Waals surface area contributed by atoms with Gasteiger partial charge in [0.2, 0.25) is 5.95 Å². The van der Waals surface area contributed by atoms with Crippen LogP contribution >= 0.6 is 0 Å². The molecule has 0 bridgehead atoms. The van der Waals surface area contributed by atoms with Crippen LogP contribution in [0.25, 0.3) is 5.82 Å². The van der Waals surface area contributed by atoms with Crippen molar-refractivity contribution in [3.8, 4) is 5.82 Å². The summed E-state index contributed by atoms with van der Waals surface area (Å²) in [4.78, 5) is 32.8. The highest BCUT2D eigenvalue weighted by molar-refractivity contribution is 5.88. The van der Waals surface area contributed by atoms with E-state index in [1.54, 1.807) is 25.1 Å². The number of hydrogen-bond donors (Lipinski definition) is 2. The minimum atomic E-state index is -1.08. The molecule has 1 aliphatic rings. The normalized spacial score (nSPS) is 13.8. The average Bonchev–Trinajstić information content (AvgIpc) is 3.16. The Bertz CT molecular complexity index is 1140. The average molecular weight is 425 g/mol. The number of carboxylic acid groups (broad SMARTS) is 1. The Balaban J connectivity index is 1.60. The van der Waals surface area contributed by atoms with Crippen LogP contribution in [0.4, 0.5) is 23.0 Å². The van der Waals surface area contributed by atoms with Crippen molar-refractivity contribution in [2.24, 2.45) is 0 Å². The van der Waals surface area contributed by atoms with E-state index in [1.807, 2.05) is 4.90 Å². The highest BCUT2D eigenvalue weighted by Crippen LogP contribution is 2.32. The van der Waals surface area contributed by atoms with E-state index in [1.165, 1.54) is 23.1 Å². The van der Waals surface area contributed by atoms with Gasteiger partial charge in [-0.25, -0.2) is 14.5 Å². The molecule has 31 heavy (non-hydrogen) atoms. The van der Waals surface area contributed by atoms with E-state index < -0.39 is 10.9 Å². The number of carbonyl (C=O) groups is 1. The van der Waals surface area contributed by atoms with Gasteiger partial charge in [-0.05, 0) is 19.1 Å². The number of nitrogens with zero attached hydrogens (tertiary/aromatic N) is 6. The zero-order valence-corrected chi connectivity index (χ0v) is 16.6. The molecule has 1 saturated heterocycles. The number of aromatic carboxylic acids is 1. The molecule has 0 atom stereocenters. The first kappa shape index (κ1) is 20.2. The topological polar surface area (TPSA) is 149 Å². The summed E-state index contributed by atoms with van der Waals surface area (Å²) in [7, 11) is 0. The van der Waals surface area contributed by atoms with E-state index in [9.17, 15) is 20.0 Å². The summed E-state index contributed by atoms with van der Waals surface area (Å²) in [6, 6.07) is 6.41. The highest BCUT2D eigenvalue weighted by atomic mass is 16.6. The first-order chi connectivity index (χ1) is 14.9. The molecule has 4 rings (SSSR count). The maximum atomic E-state index is 11.6. The van der Waals surface area contributed by atoms with Crippen molar-refractivity contribution in [3.63, 3.8) is 0 Å². The summed E-state index contributed by atoms with van der Waals surface area (Å²) < 4.78 is 6.66. The lowest BCUT2D eigenvalue weighted by atomic mass is 10.2. The summed E-state index contributed by atoms with van der Waals surface area (Å²) in [6.45, 7) is 3.80. The Labute approximate surface area is 176 Å². The molecule has 2 aromatic heterocycles. The van der Waals surface area contributed by atoms with Crippen LogP contribution in [0.2, 0.25) is 0 Å². The molecule has 0 saturated carbocycles. The third-order valence-corrected chi connectivity index (χ3v) is 4.78. The van der Waals surface area contributed by atoms with Gasteiger partial charge < -0.3 is 20.1 Å². The SMILES string of the molecule is Cc1nn(-c2ccnc(Nc3ccc(N4CCOCC4)c([N+](=O)[O-])c3)n2)cc1C(=O)O. The van der Waals surface area contributed by atoms with Gasteiger partial charge in [-0.15, -0.1) is 0 Å². The van der Waals surface area contributed by atoms with Crippen LogP contribution in [0.3, 0.4) is 0 Å². The van der Waals surface area contributed by atoms with Crippen LogP contribution in [0.15, 0.2) is 36.7 Å². The Hall–Kier alpha value is -4.06. The number of benzene rings is 1. The Morgan fingerprint density at radius 3 is 2.74 bits per heavy atom. The van der Waals surface area contributed by atoms with Crippen LogP contribution in [0.1, 0.15) is 16.1 Å². The molecule has 3 aromatic rings. The molecule has 1 aliphatic heterocycles. The molecule has 0 aliphatic carbocycles. The third-order valence-electron chi connectivity index (χ3n) is 4.78. The van der Waals surface area contributed by atoms with Crippen molar-refractivity contribution >= 4 is 29.0 Å². The third kappa shape index (κ3) is 4.28. The van der Waals surface area contributed by atoms with E-state index in [2.05, 4.69) is 20.4 Å². The molecule has 1 fully saturated rings. The first-order valence-corrected chi connectivity index (χ1v) is 9.43. The second kappa shape index (κ2) is 8.36. The first-order valence-electron chi connectivity index (χ1n) is 9.43. The van der Waals surface area contributed by atoms with E-state index in [0.29, 0.717) is 49.2 Å². The number of hydrogen-bond acceptors (Lipinski definition) is 9. The summed E-state index contributed by atoms with van der Waals surface area (Å²) >= 11 is 0. The van der Waals surface area contributed by atoms with Gasteiger partial charge in [-0.3, -0.25) is 10.1 Å². The predicted molar refractivity (Wildman–Crippen MR) is 110 cm³/mol. The summed E-state index contributed by atoms with van der Waals surface area (Å²) in [5.41, 5.74) is 1.37. The number of nitro benzene ring substituents is 1. The lowest BCUT2D eigenvalue weighted by Gasteiger charge is -2.28. The van der Waals surface area contributed by atoms with Gasteiger partial charge in [-0.2, -0.15) is 10.1 Å². The monoisotopic (exact) mass is 425 g/mol. The van der Waals surface area contributed by atoms with Crippen LogP contribution < -0.4 is 10.2 Å². The lowest BCUT2D eigenvalue weighted by Crippen LogP contribution is -2.36. The second-order valence-electron chi connectivity index (χ2n) is 6.80. The van der Waals surface area contributed by atoms with E-state index in [4.69, 9.17) is 4.74 Å². The molecule has 2 N–H and O–H groups in total. The van der Waals surface area contributed by atoms with Crippen molar-refractivity contribution in [2.45, 2.75) is 6.92 Å². The van der Waals surface area contributed by atoms with Gasteiger partial charge in [0, 0.05) is 43.3 Å². The number of nitrogens with one attached hydrogen (secondary N) is 1. The van der Waals surface area contributed by atoms with Crippen molar-refractivity contribution in [3.05, 3.63) is 58.0 Å². The largest absolute Gasteiger partial charge is 0.478 e. The van der Waals surface area contributed by atoms with Gasteiger partial charge in [0.25, 0.3) is 5.69 Å². The quantitative estimate of drug-likeness (QED) is 0.444. The Kier molecular flexibility index (Phi) is 5.45. The number of morpholine rings is 1. The van der Waals surface area contributed by atoms with Crippen molar-refractivity contribution < 1.29 is 19.6 Å². The number of carboxylic acids is 1. The van der Waals surface area contributed by atoms with Gasteiger partial charge in [0.15, 0.2) is 5.82 Å². The smallest absolute Gasteiger partial charge is 0.339 e. The number of nitro groups is 1.